The number of rotatable bonds is 4. The van der Waals surface area contributed by atoms with Gasteiger partial charge < -0.3 is 0 Å². The third-order valence-corrected chi connectivity index (χ3v) is 4.38. The number of isocyanates is 2. The normalized spacial score (nSPS) is 29.9. The summed E-state index contributed by atoms with van der Waals surface area (Å²) in [5.41, 5.74) is -3.73. The molecule has 1 aliphatic rings. The van der Waals surface area contributed by atoms with Crippen LogP contribution in [-0.4, -0.2) is 37.1 Å². The maximum absolute atomic E-state index is 14.1. The maximum Gasteiger partial charge on any atom is 0.315 e. The molecule has 0 atom stereocenters. The highest BCUT2D eigenvalue weighted by Crippen LogP contribution is 2.63. The van der Waals surface area contributed by atoms with Crippen molar-refractivity contribution in [1.29, 1.82) is 0 Å². The van der Waals surface area contributed by atoms with Gasteiger partial charge in [-0.1, -0.05) is 13.8 Å². The first-order valence-electron chi connectivity index (χ1n) is 5.91. The zero-order chi connectivity index (χ0) is 15.7. The number of aliphatic imine (C=N–C) groups is 2. The quantitative estimate of drug-likeness (QED) is 0.455. The number of alkyl halides is 4. The summed E-state index contributed by atoms with van der Waals surface area (Å²) < 4.78 is 55.2. The Kier molecular flexibility index (Phi) is 4.22. The highest BCUT2D eigenvalue weighted by atomic mass is 19.3. The van der Waals surface area contributed by atoms with Gasteiger partial charge in [-0.05, 0) is 6.42 Å². The van der Waals surface area contributed by atoms with Crippen molar-refractivity contribution in [3.8, 4) is 0 Å². The van der Waals surface area contributed by atoms with E-state index < -0.39 is 42.2 Å². The summed E-state index contributed by atoms with van der Waals surface area (Å²) in [6.45, 7) is 1.06. The molecule has 1 aliphatic carbocycles. The van der Waals surface area contributed by atoms with E-state index in [4.69, 9.17) is 0 Å². The van der Waals surface area contributed by atoms with Crippen LogP contribution in [0, 0.1) is 10.8 Å². The molecule has 0 aromatic carbocycles. The van der Waals surface area contributed by atoms with Gasteiger partial charge in [-0.2, -0.15) is 17.6 Å². The van der Waals surface area contributed by atoms with E-state index in [-0.39, 0.29) is 6.42 Å². The summed E-state index contributed by atoms with van der Waals surface area (Å²) in [7, 11) is 0. The molecule has 0 radical (unpaired) electrons. The lowest BCUT2D eigenvalue weighted by Crippen LogP contribution is -2.64. The number of nitrogens with zero attached hydrogens (tertiary/aromatic N) is 2. The van der Waals surface area contributed by atoms with Gasteiger partial charge in [0.05, 0.1) is 13.1 Å². The third kappa shape index (κ3) is 2.19. The minimum Gasteiger partial charge on any atom is -0.211 e. The van der Waals surface area contributed by atoms with Crippen molar-refractivity contribution in [1.82, 2.24) is 0 Å². The molecule has 1 fully saturated rings. The molecule has 0 saturated heterocycles. The Morgan fingerprint density at radius 2 is 1.40 bits per heavy atom. The molecule has 0 amide bonds. The van der Waals surface area contributed by atoms with Gasteiger partial charge in [0.15, 0.2) is 0 Å². The lowest BCUT2D eigenvalue weighted by atomic mass is 9.54. The second-order valence-corrected chi connectivity index (χ2v) is 5.50. The molecule has 0 aromatic rings. The van der Waals surface area contributed by atoms with Gasteiger partial charge in [-0.15, -0.1) is 0 Å². The minimum absolute atomic E-state index is 0.334. The van der Waals surface area contributed by atoms with Crippen LogP contribution in [0.5, 0.6) is 0 Å². The number of halogens is 4. The van der Waals surface area contributed by atoms with E-state index in [1.807, 2.05) is 0 Å². The van der Waals surface area contributed by atoms with E-state index in [1.165, 1.54) is 12.2 Å². The van der Waals surface area contributed by atoms with Crippen molar-refractivity contribution in [2.75, 3.05) is 13.1 Å². The summed E-state index contributed by atoms with van der Waals surface area (Å²) in [6.07, 6.45) is 1.01. The fourth-order valence-corrected chi connectivity index (χ4v) is 2.63. The Morgan fingerprint density at radius 1 is 0.950 bits per heavy atom. The van der Waals surface area contributed by atoms with Crippen LogP contribution in [0.15, 0.2) is 9.98 Å². The van der Waals surface area contributed by atoms with Crippen molar-refractivity contribution in [3.63, 3.8) is 0 Å². The second-order valence-electron chi connectivity index (χ2n) is 5.50. The monoisotopic (exact) mass is 294 g/mol. The third-order valence-electron chi connectivity index (χ3n) is 4.38. The largest absolute Gasteiger partial charge is 0.315 e. The van der Waals surface area contributed by atoms with Crippen LogP contribution in [0.25, 0.3) is 0 Å². The predicted molar refractivity (Wildman–Crippen MR) is 61.3 cm³/mol. The fourth-order valence-electron chi connectivity index (χ4n) is 2.63. The van der Waals surface area contributed by atoms with Crippen LogP contribution in [0.3, 0.4) is 0 Å². The molecule has 0 N–H and O–H groups in total. The molecule has 4 nitrogen and oxygen atoms in total. The van der Waals surface area contributed by atoms with E-state index in [0.717, 1.165) is 13.8 Å². The molecule has 0 aliphatic heterocycles. The van der Waals surface area contributed by atoms with Gasteiger partial charge in [0.25, 0.3) is 0 Å². The Labute approximate surface area is 113 Å². The van der Waals surface area contributed by atoms with Crippen LogP contribution in [0.2, 0.25) is 0 Å². The molecule has 112 valence electrons. The standard InChI is InChI=1S/C12H14F4N2O2/c1-9(2)10(5-17-7-19,6-18-8-20)3-4-11(13,14)12(9,15)16/h3-6H2,1-2H3. The highest BCUT2D eigenvalue weighted by Gasteiger charge is 2.73. The summed E-state index contributed by atoms with van der Waals surface area (Å²) in [4.78, 5) is 27.0. The molecule has 8 heteroatoms. The predicted octanol–water partition coefficient (Wildman–Crippen LogP) is 2.74. The van der Waals surface area contributed by atoms with Gasteiger partial charge in [-0.3, -0.25) is 0 Å². The summed E-state index contributed by atoms with van der Waals surface area (Å²) >= 11 is 0. The molecule has 0 unspecified atom stereocenters. The van der Waals surface area contributed by atoms with Gasteiger partial charge in [0, 0.05) is 17.3 Å². The average molecular weight is 294 g/mol. The molecule has 1 rings (SSSR count). The van der Waals surface area contributed by atoms with Gasteiger partial charge in [-0.25, -0.2) is 19.6 Å². The molecule has 1 saturated carbocycles. The van der Waals surface area contributed by atoms with Crippen LogP contribution < -0.4 is 0 Å². The van der Waals surface area contributed by atoms with E-state index in [2.05, 4.69) is 9.98 Å². The smallest absolute Gasteiger partial charge is 0.211 e. The summed E-state index contributed by atoms with van der Waals surface area (Å²) in [5, 5.41) is 0. The van der Waals surface area contributed by atoms with E-state index in [9.17, 15) is 27.2 Å². The van der Waals surface area contributed by atoms with Crippen LogP contribution in [0.4, 0.5) is 17.6 Å². The maximum atomic E-state index is 14.1. The first-order valence-corrected chi connectivity index (χ1v) is 5.91. The first-order chi connectivity index (χ1) is 9.08. The molecule has 0 heterocycles. The fraction of sp³-hybridized carbons (Fsp3) is 0.833. The number of hydrogen-bond acceptors (Lipinski definition) is 4. The van der Waals surface area contributed by atoms with Crippen molar-refractivity contribution in [2.24, 2.45) is 20.8 Å². The summed E-state index contributed by atoms with van der Waals surface area (Å²) in [5.74, 6) is -8.47. The van der Waals surface area contributed by atoms with Crippen molar-refractivity contribution < 1.29 is 27.2 Å². The molecule has 0 aromatic heterocycles. The zero-order valence-electron chi connectivity index (χ0n) is 11.1. The first kappa shape index (κ1) is 16.5. The number of hydrogen-bond donors (Lipinski definition) is 0. The van der Waals surface area contributed by atoms with Gasteiger partial charge in [0.1, 0.15) is 0 Å². The second kappa shape index (κ2) is 5.11. The summed E-state index contributed by atoms with van der Waals surface area (Å²) in [6, 6.07) is 0. The molecule has 0 spiro atoms. The van der Waals surface area contributed by atoms with Gasteiger partial charge >= 0.3 is 11.8 Å². The Bertz CT molecular complexity index is 458. The molecular formula is C12H14F4N2O2. The van der Waals surface area contributed by atoms with Crippen LogP contribution in [-0.2, 0) is 9.59 Å². The lowest BCUT2D eigenvalue weighted by Gasteiger charge is -2.54. The van der Waals surface area contributed by atoms with Crippen molar-refractivity contribution >= 4 is 12.2 Å². The van der Waals surface area contributed by atoms with Crippen LogP contribution in [0.1, 0.15) is 26.7 Å². The molecular weight excluding hydrogens is 280 g/mol. The minimum atomic E-state index is -4.31. The lowest BCUT2D eigenvalue weighted by molar-refractivity contribution is -0.313. The zero-order valence-corrected chi connectivity index (χ0v) is 11.1. The molecule has 0 bridgehead atoms. The van der Waals surface area contributed by atoms with E-state index >= 15 is 0 Å². The molecule has 20 heavy (non-hydrogen) atoms. The Morgan fingerprint density at radius 3 is 1.80 bits per heavy atom. The van der Waals surface area contributed by atoms with Crippen molar-refractivity contribution in [3.05, 3.63) is 0 Å². The number of carbonyl (C=O) groups excluding carboxylic acids is 2. The average Bonchev–Trinajstić information content (AvgIpc) is 2.36. The van der Waals surface area contributed by atoms with Crippen LogP contribution >= 0.6 is 0 Å². The van der Waals surface area contributed by atoms with Crippen molar-refractivity contribution in [2.45, 2.75) is 38.5 Å². The highest BCUT2D eigenvalue weighted by molar-refractivity contribution is 5.34. The Balaban J connectivity index is 3.37. The van der Waals surface area contributed by atoms with Gasteiger partial charge in [0.2, 0.25) is 12.2 Å². The Hall–Kier alpha value is -1.52. The van der Waals surface area contributed by atoms with E-state index in [1.54, 1.807) is 0 Å². The van der Waals surface area contributed by atoms with E-state index in [0.29, 0.717) is 0 Å². The topological polar surface area (TPSA) is 58.9 Å². The SMILES string of the molecule is CC1(C)C(CN=C=O)(CN=C=O)CCC(F)(F)C1(F)F.